The van der Waals surface area contributed by atoms with E-state index in [0.717, 1.165) is 0 Å². The summed E-state index contributed by atoms with van der Waals surface area (Å²) < 4.78 is 0. The van der Waals surface area contributed by atoms with Crippen LogP contribution in [-0.4, -0.2) is 41.6 Å². The van der Waals surface area contributed by atoms with Gasteiger partial charge in [-0.1, -0.05) is 30.3 Å². The summed E-state index contributed by atoms with van der Waals surface area (Å²) in [6, 6.07) is 10.3. The normalized spacial score (nSPS) is 21.1. The second-order valence-corrected chi connectivity index (χ2v) is 4.19. The van der Waals surface area contributed by atoms with E-state index in [2.05, 4.69) is 11.4 Å². The van der Waals surface area contributed by atoms with Crippen LogP contribution in [0.1, 0.15) is 11.7 Å². The SMILES string of the molecule is N#CC1CNCCN1C(=O)C(O)c1ccccc1. The first kappa shape index (κ1) is 12.6. The number of nitrogens with one attached hydrogen (secondary N) is 1. The maximum absolute atomic E-state index is 12.2. The van der Waals surface area contributed by atoms with Gasteiger partial charge in [0.1, 0.15) is 6.04 Å². The Morgan fingerprint density at radius 1 is 1.50 bits per heavy atom. The Balaban J connectivity index is 2.13. The first-order valence-corrected chi connectivity index (χ1v) is 5.88. The molecule has 1 heterocycles. The molecule has 1 fully saturated rings. The Hall–Kier alpha value is -1.90. The average molecular weight is 245 g/mol. The van der Waals surface area contributed by atoms with Gasteiger partial charge < -0.3 is 15.3 Å². The van der Waals surface area contributed by atoms with E-state index in [4.69, 9.17) is 5.26 Å². The van der Waals surface area contributed by atoms with Crippen molar-refractivity contribution in [1.82, 2.24) is 10.2 Å². The molecular formula is C13H15N3O2. The number of hydrogen-bond acceptors (Lipinski definition) is 4. The van der Waals surface area contributed by atoms with Crippen LogP contribution in [0.3, 0.4) is 0 Å². The van der Waals surface area contributed by atoms with Crippen LogP contribution in [0.4, 0.5) is 0 Å². The first-order chi connectivity index (χ1) is 8.74. The quantitative estimate of drug-likeness (QED) is 0.771. The van der Waals surface area contributed by atoms with Crippen LogP contribution in [0.25, 0.3) is 0 Å². The number of rotatable bonds is 2. The van der Waals surface area contributed by atoms with Crippen molar-refractivity contribution in [3.05, 3.63) is 35.9 Å². The van der Waals surface area contributed by atoms with Crippen LogP contribution in [-0.2, 0) is 4.79 Å². The summed E-state index contributed by atoms with van der Waals surface area (Å²) in [4.78, 5) is 13.6. The number of carbonyl (C=O) groups is 1. The van der Waals surface area contributed by atoms with Crippen molar-refractivity contribution >= 4 is 5.91 Å². The Morgan fingerprint density at radius 2 is 2.22 bits per heavy atom. The average Bonchev–Trinajstić information content (AvgIpc) is 2.46. The van der Waals surface area contributed by atoms with Crippen molar-refractivity contribution in [2.75, 3.05) is 19.6 Å². The molecule has 5 heteroatoms. The molecule has 1 aromatic carbocycles. The van der Waals surface area contributed by atoms with Gasteiger partial charge in [0.05, 0.1) is 6.07 Å². The number of aliphatic hydroxyl groups is 1. The third-order valence-corrected chi connectivity index (χ3v) is 3.02. The molecule has 2 rings (SSSR count). The van der Waals surface area contributed by atoms with Crippen LogP contribution in [0.2, 0.25) is 0 Å². The van der Waals surface area contributed by atoms with E-state index >= 15 is 0 Å². The second-order valence-electron chi connectivity index (χ2n) is 4.19. The molecule has 1 aliphatic heterocycles. The summed E-state index contributed by atoms with van der Waals surface area (Å²) in [5.41, 5.74) is 0.553. The van der Waals surface area contributed by atoms with Crippen LogP contribution in [0.5, 0.6) is 0 Å². The number of piperazine rings is 1. The first-order valence-electron chi connectivity index (χ1n) is 5.88. The Bertz CT molecular complexity index is 455. The monoisotopic (exact) mass is 245 g/mol. The van der Waals surface area contributed by atoms with E-state index in [1.54, 1.807) is 24.3 Å². The molecule has 2 N–H and O–H groups in total. The molecular weight excluding hydrogens is 230 g/mol. The Morgan fingerprint density at radius 3 is 2.89 bits per heavy atom. The molecule has 2 atom stereocenters. The van der Waals surface area contributed by atoms with E-state index in [9.17, 15) is 9.90 Å². The third-order valence-electron chi connectivity index (χ3n) is 3.02. The minimum absolute atomic E-state index is 0.408. The van der Waals surface area contributed by atoms with Crippen LogP contribution < -0.4 is 5.32 Å². The smallest absolute Gasteiger partial charge is 0.257 e. The molecule has 1 aliphatic rings. The van der Waals surface area contributed by atoms with Gasteiger partial charge in [0.15, 0.2) is 6.10 Å². The highest BCUT2D eigenvalue weighted by Gasteiger charge is 2.31. The summed E-state index contributed by atoms with van der Waals surface area (Å²) in [5, 5.41) is 22.1. The molecule has 0 spiro atoms. The molecule has 0 saturated carbocycles. The zero-order chi connectivity index (χ0) is 13.0. The molecule has 5 nitrogen and oxygen atoms in total. The van der Waals surface area contributed by atoms with E-state index in [0.29, 0.717) is 25.2 Å². The number of hydrogen-bond donors (Lipinski definition) is 2. The molecule has 1 aromatic rings. The van der Waals surface area contributed by atoms with Gasteiger partial charge >= 0.3 is 0 Å². The fraction of sp³-hybridized carbons (Fsp3) is 0.385. The zero-order valence-electron chi connectivity index (χ0n) is 9.91. The van der Waals surface area contributed by atoms with E-state index in [1.165, 1.54) is 4.90 Å². The number of nitriles is 1. The zero-order valence-corrected chi connectivity index (χ0v) is 9.91. The lowest BCUT2D eigenvalue weighted by Gasteiger charge is -2.33. The van der Waals surface area contributed by atoms with Gasteiger partial charge in [-0.25, -0.2) is 0 Å². The maximum atomic E-state index is 12.2. The molecule has 0 aromatic heterocycles. The Kier molecular flexibility index (Phi) is 3.92. The van der Waals surface area contributed by atoms with E-state index in [1.807, 2.05) is 6.07 Å². The van der Waals surface area contributed by atoms with Crippen LogP contribution in [0.15, 0.2) is 30.3 Å². The fourth-order valence-corrected chi connectivity index (χ4v) is 2.02. The second kappa shape index (κ2) is 5.63. The van der Waals surface area contributed by atoms with E-state index < -0.39 is 18.1 Å². The highest BCUT2D eigenvalue weighted by atomic mass is 16.3. The predicted octanol–water partition coefficient (Wildman–Crippen LogP) is 0.0440. The lowest BCUT2D eigenvalue weighted by molar-refractivity contribution is -0.142. The van der Waals surface area contributed by atoms with Crippen molar-refractivity contribution in [2.45, 2.75) is 12.1 Å². The standard InChI is InChI=1S/C13H15N3O2/c14-8-11-9-15-6-7-16(11)13(18)12(17)10-4-2-1-3-5-10/h1-5,11-12,15,17H,6-7,9H2. The van der Waals surface area contributed by atoms with Crippen molar-refractivity contribution < 1.29 is 9.90 Å². The maximum Gasteiger partial charge on any atom is 0.257 e. The molecule has 94 valence electrons. The molecule has 0 aliphatic carbocycles. The summed E-state index contributed by atoms with van der Waals surface area (Å²) in [5.74, 6) is -0.408. The van der Waals surface area contributed by atoms with Crippen molar-refractivity contribution in [1.29, 1.82) is 5.26 Å². The summed E-state index contributed by atoms with van der Waals surface area (Å²) in [6.45, 7) is 1.54. The van der Waals surface area contributed by atoms with Crippen molar-refractivity contribution in [3.8, 4) is 6.07 Å². The third kappa shape index (κ3) is 2.50. The largest absolute Gasteiger partial charge is 0.378 e. The lowest BCUT2D eigenvalue weighted by atomic mass is 10.1. The van der Waals surface area contributed by atoms with Gasteiger partial charge in [0.25, 0.3) is 5.91 Å². The minimum Gasteiger partial charge on any atom is -0.378 e. The van der Waals surface area contributed by atoms with Gasteiger partial charge in [0.2, 0.25) is 0 Å². The molecule has 0 radical (unpaired) electrons. The molecule has 1 amide bonds. The lowest BCUT2D eigenvalue weighted by Crippen LogP contribution is -2.54. The highest BCUT2D eigenvalue weighted by Crippen LogP contribution is 2.17. The van der Waals surface area contributed by atoms with Crippen LogP contribution in [0, 0.1) is 11.3 Å². The molecule has 1 saturated heterocycles. The number of aliphatic hydroxyl groups excluding tert-OH is 1. The Labute approximate surface area is 106 Å². The van der Waals surface area contributed by atoms with Crippen molar-refractivity contribution in [3.63, 3.8) is 0 Å². The molecule has 0 bridgehead atoms. The summed E-state index contributed by atoms with van der Waals surface area (Å²) in [6.07, 6.45) is -1.19. The fourth-order valence-electron chi connectivity index (χ4n) is 2.02. The number of carbonyl (C=O) groups excluding carboxylic acids is 1. The molecule has 2 unspecified atom stereocenters. The van der Waals surface area contributed by atoms with Gasteiger partial charge in [-0.15, -0.1) is 0 Å². The van der Waals surface area contributed by atoms with Crippen molar-refractivity contribution in [2.24, 2.45) is 0 Å². The van der Waals surface area contributed by atoms with Gasteiger partial charge in [-0.05, 0) is 5.56 Å². The van der Waals surface area contributed by atoms with Crippen LogP contribution >= 0.6 is 0 Å². The van der Waals surface area contributed by atoms with E-state index in [-0.39, 0.29) is 0 Å². The highest BCUT2D eigenvalue weighted by molar-refractivity contribution is 5.82. The number of benzene rings is 1. The van der Waals surface area contributed by atoms with Gasteiger partial charge in [-0.3, -0.25) is 4.79 Å². The minimum atomic E-state index is -1.19. The molecule has 18 heavy (non-hydrogen) atoms. The predicted molar refractivity (Wildman–Crippen MR) is 65.4 cm³/mol. The summed E-state index contributed by atoms with van der Waals surface area (Å²) in [7, 11) is 0. The van der Waals surface area contributed by atoms with Gasteiger partial charge in [0, 0.05) is 19.6 Å². The number of nitrogens with zero attached hydrogens (tertiary/aromatic N) is 2. The summed E-state index contributed by atoms with van der Waals surface area (Å²) >= 11 is 0. The van der Waals surface area contributed by atoms with Gasteiger partial charge in [-0.2, -0.15) is 5.26 Å². The number of amides is 1. The topological polar surface area (TPSA) is 76.4 Å².